The molecule has 0 saturated heterocycles. The molecule has 1 nitrogen and oxygen atoms in total. The molecule has 0 aliphatic carbocycles. The molecule has 0 radical (unpaired) electrons. The first-order valence-electron chi connectivity index (χ1n) is 1.98. The first-order chi connectivity index (χ1) is 3.31. The molecule has 0 heterocycles. The molecule has 0 rings (SSSR count). The zero-order valence-electron chi connectivity index (χ0n) is 4.15. The van der Waals surface area contributed by atoms with E-state index in [2.05, 4.69) is 13.2 Å². The summed E-state index contributed by atoms with van der Waals surface area (Å²) in [6, 6.07) is 1.95. The van der Waals surface area contributed by atoms with E-state index in [4.69, 9.17) is 5.26 Å². The van der Waals surface area contributed by atoms with Crippen molar-refractivity contribution in [2.45, 2.75) is 6.42 Å². The fourth-order valence-electron chi connectivity index (χ4n) is 0.174. The minimum Gasteiger partial charge on any atom is -0.198 e. The van der Waals surface area contributed by atoms with Crippen molar-refractivity contribution < 1.29 is 0 Å². The van der Waals surface area contributed by atoms with Gasteiger partial charge in [0.25, 0.3) is 0 Å². The van der Waals surface area contributed by atoms with Gasteiger partial charge in [-0.05, 0) is 5.57 Å². The van der Waals surface area contributed by atoms with Gasteiger partial charge < -0.3 is 0 Å². The molecule has 0 atom stereocenters. The van der Waals surface area contributed by atoms with Crippen LogP contribution in [0, 0.1) is 11.3 Å². The van der Waals surface area contributed by atoms with E-state index in [1.165, 1.54) is 0 Å². The number of nitrogens with zero attached hydrogens (tertiary/aromatic N) is 1. The van der Waals surface area contributed by atoms with E-state index in [0.717, 1.165) is 5.57 Å². The third-order valence-corrected chi connectivity index (χ3v) is 0.595. The normalized spacial score (nSPS) is 6.71. The van der Waals surface area contributed by atoms with Crippen LogP contribution in [0.15, 0.2) is 24.8 Å². The summed E-state index contributed by atoms with van der Waals surface area (Å²) >= 11 is 0. The molecule has 0 spiro atoms. The minimum absolute atomic E-state index is 0.392. The average molecular weight is 93.1 g/mol. The highest BCUT2D eigenvalue weighted by molar-refractivity contribution is 5.14. The van der Waals surface area contributed by atoms with Gasteiger partial charge in [-0.3, -0.25) is 0 Å². The minimum atomic E-state index is 0.392. The van der Waals surface area contributed by atoms with E-state index in [-0.39, 0.29) is 0 Å². The third kappa shape index (κ3) is 2.78. The molecule has 0 aromatic rings. The molecule has 0 aliphatic heterocycles. The van der Waals surface area contributed by atoms with Gasteiger partial charge in [-0.25, -0.2) is 0 Å². The quantitative estimate of drug-likeness (QED) is 0.476. The van der Waals surface area contributed by atoms with Crippen molar-refractivity contribution in [1.82, 2.24) is 0 Å². The van der Waals surface area contributed by atoms with Crippen molar-refractivity contribution in [3.63, 3.8) is 0 Å². The van der Waals surface area contributed by atoms with Crippen LogP contribution in [0.2, 0.25) is 0 Å². The fraction of sp³-hybridized carbons (Fsp3) is 0.167. The highest BCUT2D eigenvalue weighted by Crippen LogP contribution is 1.93. The Morgan fingerprint density at radius 2 is 2.43 bits per heavy atom. The van der Waals surface area contributed by atoms with Crippen LogP contribution < -0.4 is 0 Å². The topological polar surface area (TPSA) is 23.8 Å². The van der Waals surface area contributed by atoms with Crippen LogP contribution in [-0.2, 0) is 0 Å². The molecular formula is C6H7N. The zero-order valence-corrected chi connectivity index (χ0v) is 4.15. The highest BCUT2D eigenvalue weighted by atomic mass is 14.2. The van der Waals surface area contributed by atoms with Crippen LogP contribution in [0.1, 0.15) is 6.42 Å². The van der Waals surface area contributed by atoms with E-state index >= 15 is 0 Å². The van der Waals surface area contributed by atoms with Gasteiger partial charge in [0.1, 0.15) is 0 Å². The van der Waals surface area contributed by atoms with E-state index in [0.29, 0.717) is 6.42 Å². The van der Waals surface area contributed by atoms with Crippen molar-refractivity contribution in [2.24, 2.45) is 0 Å². The van der Waals surface area contributed by atoms with Crippen LogP contribution in [0.3, 0.4) is 0 Å². The lowest BCUT2D eigenvalue weighted by atomic mass is 10.2. The summed E-state index contributed by atoms with van der Waals surface area (Å²) in [6.45, 7) is 6.95. The molecule has 0 aromatic carbocycles. The summed E-state index contributed by atoms with van der Waals surface area (Å²) in [4.78, 5) is 0. The van der Waals surface area contributed by atoms with E-state index in [1.54, 1.807) is 6.08 Å². The molecule has 0 amide bonds. The van der Waals surface area contributed by atoms with Crippen molar-refractivity contribution >= 4 is 0 Å². The van der Waals surface area contributed by atoms with Crippen LogP contribution >= 0.6 is 0 Å². The average Bonchev–Trinajstić information content (AvgIpc) is 1.68. The fourth-order valence-corrected chi connectivity index (χ4v) is 0.174. The van der Waals surface area contributed by atoms with E-state index < -0.39 is 0 Å². The van der Waals surface area contributed by atoms with Gasteiger partial charge in [0.05, 0.1) is 12.5 Å². The molecule has 0 aliphatic rings. The molecule has 0 unspecified atom stereocenters. The maximum atomic E-state index is 8.01. The first-order valence-corrected chi connectivity index (χ1v) is 1.98. The van der Waals surface area contributed by atoms with Crippen molar-refractivity contribution in [2.75, 3.05) is 0 Å². The van der Waals surface area contributed by atoms with Crippen LogP contribution in [-0.4, -0.2) is 0 Å². The summed E-state index contributed by atoms with van der Waals surface area (Å²) in [6.07, 6.45) is 1.98. The summed E-state index contributed by atoms with van der Waals surface area (Å²) in [5, 5.41) is 8.01. The Balaban J connectivity index is 3.42. The number of nitriles is 1. The lowest BCUT2D eigenvalue weighted by Gasteiger charge is -1.81. The molecular weight excluding hydrogens is 86.1 g/mol. The number of hydrogen-bond donors (Lipinski definition) is 0. The summed E-state index contributed by atoms with van der Waals surface area (Å²) in [5.41, 5.74) is 0.780. The molecule has 0 N–H and O–H groups in total. The second-order valence-electron chi connectivity index (χ2n) is 1.20. The van der Waals surface area contributed by atoms with Crippen molar-refractivity contribution in [3.05, 3.63) is 24.8 Å². The molecule has 0 saturated carbocycles. The zero-order chi connectivity index (χ0) is 5.70. The van der Waals surface area contributed by atoms with Crippen LogP contribution in [0.5, 0.6) is 0 Å². The van der Waals surface area contributed by atoms with E-state index in [1.807, 2.05) is 6.07 Å². The SMILES string of the molecule is C=CC(=C)CC#N. The van der Waals surface area contributed by atoms with Crippen LogP contribution in [0.4, 0.5) is 0 Å². The van der Waals surface area contributed by atoms with Gasteiger partial charge in [0, 0.05) is 0 Å². The summed E-state index contributed by atoms with van der Waals surface area (Å²) < 4.78 is 0. The predicted molar refractivity (Wildman–Crippen MR) is 29.6 cm³/mol. The van der Waals surface area contributed by atoms with Gasteiger partial charge in [-0.2, -0.15) is 5.26 Å². The molecule has 1 heteroatoms. The predicted octanol–water partition coefficient (Wildman–Crippen LogP) is 1.64. The monoisotopic (exact) mass is 93.1 g/mol. The molecule has 36 valence electrons. The van der Waals surface area contributed by atoms with Gasteiger partial charge in [0.15, 0.2) is 0 Å². The van der Waals surface area contributed by atoms with Gasteiger partial charge >= 0.3 is 0 Å². The number of rotatable bonds is 2. The Bertz CT molecular complexity index is 117. The van der Waals surface area contributed by atoms with Crippen molar-refractivity contribution in [3.8, 4) is 6.07 Å². The van der Waals surface area contributed by atoms with Crippen molar-refractivity contribution in [1.29, 1.82) is 5.26 Å². The lowest BCUT2D eigenvalue weighted by Crippen LogP contribution is -1.66. The van der Waals surface area contributed by atoms with Gasteiger partial charge in [-0.15, -0.1) is 0 Å². The Morgan fingerprint density at radius 3 is 2.57 bits per heavy atom. The van der Waals surface area contributed by atoms with Gasteiger partial charge in [-0.1, -0.05) is 19.2 Å². The smallest absolute Gasteiger partial charge is 0.0669 e. The Labute approximate surface area is 43.6 Å². The number of hydrogen-bond acceptors (Lipinski definition) is 1. The largest absolute Gasteiger partial charge is 0.198 e. The third-order valence-electron chi connectivity index (χ3n) is 0.595. The maximum Gasteiger partial charge on any atom is 0.0669 e. The second kappa shape index (κ2) is 3.17. The standard InChI is InChI=1S/C6H7N/c1-3-6(2)4-5-7/h3H,1-2,4H2. The lowest BCUT2D eigenvalue weighted by molar-refractivity contribution is 1.29. The second-order valence-corrected chi connectivity index (χ2v) is 1.20. The summed E-state index contributed by atoms with van der Waals surface area (Å²) in [5.74, 6) is 0. The molecule has 0 bridgehead atoms. The summed E-state index contributed by atoms with van der Waals surface area (Å²) in [7, 11) is 0. The molecule has 0 aromatic heterocycles. The Hall–Kier alpha value is -1.03. The first kappa shape index (κ1) is 5.97. The van der Waals surface area contributed by atoms with Gasteiger partial charge in [0.2, 0.25) is 0 Å². The Morgan fingerprint density at radius 1 is 1.86 bits per heavy atom. The molecule has 7 heavy (non-hydrogen) atoms. The maximum absolute atomic E-state index is 8.01. The Kier molecular flexibility index (Phi) is 2.70. The van der Waals surface area contributed by atoms with E-state index in [9.17, 15) is 0 Å². The van der Waals surface area contributed by atoms with Crippen LogP contribution in [0.25, 0.3) is 0 Å². The molecule has 0 fully saturated rings. The highest BCUT2D eigenvalue weighted by Gasteiger charge is 1.79. The number of allylic oxidation sites excluding steroid dienone is 2.